The predicted octanol–water partition coefficient (Wildman–Crippen LogP) is 4.08. The van der Waals surface area contributed by atoms with Crippen molar-refractivity contribution in [2.75, 3.05) is 0 Å². The molecule has 35 heavy (non-hydrogen) atoms. The number of carbonyl (C=O) groups is 1. The van der Waals surface area contributed by atoms with Crippen molar-refractivity contribution in [3.05, 3.63) is 151 Å². The molecule has 0 aliphatic heterocycles. The first kappa shape index (κ1) is 23.0. The van der Waals surface area contributed by atoms with Gasteiger partial charge in [-0.05, 0) is 0 Å². The number of aromatic hydroxyl groups is 1. The molecule has 5 aromatic carbocycles. The van der Waals surface area contributed by atoms with Crippen LogP contribution < -0.4 is 14.0 Å². The summed E-state index contributed by atoms with van der Waals surface area (Å²) < 4.78 is 11.0. The summed E-state index contributed by atoms with van der Waals surface area (Å²) in [7, 11) is 0. The van der Waals surface area contributed by atoms with E-state index in [-0.39, 0.29) is 5.75 Å². The Hall–Kier alpha value is -3.81. The van der Waals surface area contributed by atoms with Crippen LogP contribution in [0.3, 0.4) is 0 Å². The van der Waals surface area contributed by atoms with Crippen molar-refractivity contribution >= 4 is 37.8 Å². The number of phenolic OH excluding ortho intramolecular Hbond substituents is 1. The molecule has 0 radical (unpaired) electrons. The van der Waals surface area contributed by atoms with Crippen LogP contribution in [0.4, 0.5) is 0 Å². The Labute approximate surface area is 206 Å². The van der Waals surface area contributed by atoms with Gasteiger partial charge < -0.3 is 0 Å². The predicted molar refractivity (Wildman–Crippen MR) is 144 cm³/mol. The van der Waals surface area contributed by atoms with Gasteiger partial charge in [-0.25, -0.2) is 0 Å². The van der Waals surface area contributed by atoms with Gasteiger partial charge in [0.25, 0.3) is 0 Å². The topological polar surface area (TPSA) is 46.5 Å². The van der Waals surface area contributed by atoms with Gasteiger partial charge in [0.15, 0.2) is 0 Å². The summed E-state index contributed by atoms with van der Waals surface area (Å²) in [5.41, 5.74) is 0.307. The molecular formula is C31H25O3Sb. The molecule has 0 aliphatic rings. The van der Waals surface area contributed by atoms with Crippen LogP contribution in [0.2, 0.25) is 0 Å². The summed E-state index contributed by atoms with van der Waals surface area (Å²) >= 11 is -5.28. The van der Waals surface area contributed by atoms with E-state index in [2.05, 4.69) is 48.5 Å². The molecule has 0 bridgehead atoms. The average molecular weight is 567 g/mol. The van der Waals surface area contributed by atoms with E-state index in [1.54, 1.807) is 18.2 Å². The Bertz CT molecular complexity index is 1270. The zero-order chi connectivity index (χ0) is 24.2. The van der Waals surface area contributed by atoms with E-state index >= 15 is 0 Å². The number of rotatable bonds is 6. The SMILES string of the molecule is O=C([O][Sb]([c]1ccccc1)([c]1ccccc1)([c]1ccccc1)[c]1ccccc1)c1cccc(O)c1. The van der Waals surface area contributed by atoms with Gasteiger partial charge in [0.2, 0.25) is 0 Å². The van der Waals surface area contributed by atoms with E-state index in [0.29, 0.717) is 5.56 Å². The van der Waals surface area contributed by atoms with Gasteiger partial charge in [-0.1, -0.05) is 0 Å². The molecule has 0 saturated heterocycles. The van der Waals surface area contributed by atoms with Crippen LogP contribution >= 0.6 is 0 Å². The third-order valence-electron chi connectivity index (χ3n) is 6.34. The van der Waals surface area contributed by atoms with Crippen molar-refractivity contribution in [2.24, 2.45) is 0 Å². The maximum absolute atomic E-state index is 14.0. The maximum atomic E-state index is 14.0. The zero-order valence-electron chi connectivity index (χ0n) is 19.1. The van der Waals surface area contributed by atoms with Crippen LogP contribution in [-0.4, -0.2) is 28.9 Å². The Morgan fingerprint density at radius 2 is 0.886 bits per heavy atom. The molecule has 172 valence electrons. The molecule has 0 spiro atoms. The van der Waals surface area contributed by atoms with E-state index in [0.717, 1.165) is 14.0 Å². The van der Waals surface area contributed by atoms with Crippen LogP contribution in [0.5, 0.6) is 5.75 Å². The Balaban J connectivity index is 1.97. The fourth-order valence-corrected chi connectivity index (χ4v) is 20.8. The summed E-state index contributed by atoms with van der Waals surface area (Å²) in [6.45, 7) is 0. The van der Waals surface area contributed by atoms with Crippen LogP contribution in [0, 0.1) is 0 Å². The summed E-state index contributed by atoms with van der Waals surface area (Å²) in [5, 5.41) is 10.1. The van der Waals surface area contributed by atoms with E-state index in [9.17, 15) is 9.90 Å². The first-order chi connectivity index (χ1) is 17.1. The van der Waals surface area contributed by atoms with Gasteiger partial charge in [0, 0.05) is 0 Å². The number of benzene rings is 5. The second kappa shape index (κ2) is 9.44. The number of carbonyl (C=O) groups excluding carboxylic acids is 1. The Morgan fingerprint density at radius 3 is 1.23 bits per heavy atom. The van der Waals surface area contributed by atoms with Crippen LogP contribution in [0.25, 0.3) is 0 Å². The van der Waals surface area contributed by atoms with Crippen molar-refractivity contribution in [3.8, 4) is 5.75 Å². The molecule has 5 rings (SSSR count). The van der Waals surface area contributed by atoms with Crippen LogP contribution in [0.1, 0.15) is 10.4 Å². The third-order valence-corrected chi connectivity index (χ3v) is 22.5. The molecule has 3 nitrogen and oxygen atoms in total. The molecule has 0 saturated carbocycles. The average Bonchev–Trinajstić information content (AvgIpc) is 2.94. The van der Waals surface area contributed by atoms with E-state index in [4.69, 9.17) is 3.02 Å². The fourth-order valence-electron chi connectivity index (χ4n) is 4.81. The number of hydrogen-bond donors (Lipinski definition) is 1. The first-order valence-electron chi connectivity index (χ1n) is 11.4. The molecule has 1 N–H and O–H groups in total. The molecule has 0 aliphatic carbocycles. The number of hydrogen-bond acceptors (Lipinski definition) is 3. The van der Waals surface area contributed by atoms with E-state index in [1.165, 1.54) is 6.07 Å². The van der Waals surface area contributed by atoms with Crippen molar-refractivity contribution in [3.63, 3.8) is 0 Å². The fraction of sp³-hybridized carbons (Fsp3) is 0. The first-order valence-corrected chi connectivity index (χ1v) is 17.6. The molecule has 4 heteroatoms. The summed E-state index contributed by atoms with van der Waals surface area (Å²) in [4.78, 5) is 14.0. The van der Waals surface area contributed by atoms with Gasteiger partial charge in [-0.3, -0.25) is 0 Å². The van der Waals surface area contributed by atoms with Crippen LogP contribution in [0.15, 0.2) is 146 Å². The van der Waals surface area contributed by atoms with Gasteiger partial charge in [0.05, 0.1) is 0 Å². The molecule has 5 aromatic rings. The second-order valence-corrected chi connectivity index (χ2v) is 20.6. The van der Waals surface area contributed by atoms with Crippen molar-refractivity contribution in [1.82, 2.24) is 0 Å². The van der Waals surface area contributed by atoms with Gasteiger partial charge in [0.1, 0.15) is 0 Å². The molecule has 0 atom stereocenters. The quantitative estimate of drug-likeness (QED) is 0.315. The summed E-state index contributed by atoms with van der Waals surface area (Å²) in [6.07, 6.45) is 0. The summed E-state index contributed by atoms with van der Waals surface area (Å²) in [6, 6.07) is 46.8. The van der Waals surface area contributed by atoms with Gasteiger partial charge >= 0.3 is 208 Å². The third kappa shape index (κ3) is 3.73. The standard InChI is InChI=1S/C7H6O3.4C6H5.Sb/c8-6-3-1-2-5(4-6)7(9)10;4*1-2-4-6-5-3-1;/h1-4,8H,(H,9,10);4*1-5H;/q;;;;;+1/p-1. The molecule has 0 fully saturated rings. The molecular weight excluding hydrogens is 542 g/mol. The number of phenols is 1. The molecule has 0 unspecified atom stereocenters. The van der Waals surface area contributed by atoms with E-state index < -0.39 is 23.8 Å². The summed E-state index contributed by atoms with van der Waals surface area (Å²) in [5.74, 6) is -0.449. The van der Waals surface area contributed by atoms with Crippen molar-refractivity contribution < 1.29 is 12.9 Å². The normalized spacial score (nSPS) is 12.3. The minimum absolute atomic E-state index is 0.0205. The van der Waals surface area contributed by atoms with Gasteiger partial charge in [-0.15, -0.1) is 0 Å². The molecule has 0 aromatic heterocycles. The van der Waals surface area contributed by atoms with Gasteiger partial charge in [-0.2, -0.15) is 0 Å². The Morgan fingerprint density at radius 1 is 0.514 bits per heavy atom. The van der Waals surface area contributed by atoms with E-state index in [1.807, 2.05) is 72.8 Å². The van der Waals surface area contributed by atoms with Crippen molar-refractivity contribution in [2.45, 2.75) is 0 Å². The molecule has 0 heterocycles. The zero-order valence-corrected chi connectivity index (χ0v) is 21.6. The van der Waals surface area contributed by atoms with Crippen LogP contribution in [-0.2, 0) is 3.02 Å². The minimum atomic E-state index is -5.28. The molecule has 0 amide bonds. The van der Waals surface area contributed by atoms with Crippen molar-refractivity contribution in [1.29, 1.82) is 0 Å². The second-order valence-electron chi connectivity index (χ2n) is 8.31. The Kier molecular flexibility index (Phi) is 6.19. The monoisotopic (exact) mass is 566 g/mol.